The lowest BCUT2D eigenvalue weighted by Gasteiger charge is -2.39. The molecule has 10 nitrogen and oxygen atoms in total. The number of primary amides is 1. The van der Waals surface area contributed by atoms with Gasteiger partial charge in [0.1, 0.15) is 5.52 Å². The standard InChI is InChI=1S/C29H26N6O4/c1-34-27(36)25(38-2)23(26-32-21-10-6-7-11-22(21)39-26)33-29(34)35-15-14-17-12-13-19(31-28(30)37)16-20(17)24(35)18-8-4-3-5-9-18/h3-13,16,24H,14-15H2,1-2H3,(H3,30,31,37). The maximum atomic E-state index is 13.6. The van der Waals surface area contributed by atoms with Crippen molar-refractivity contribution >= 4 is 28.8 Å². The number of carbonyl (C=O) groups excluding carboxylic acids is 1. The maximum absolute atomic E-state index is 13.6. The second kappa shape index (κ2) is 9.64. The van der Waals surface area contributed by atoms with Gasteiger partial charge in [-0.05, 0) is 47.4 Å². The van der Waals surface area contributed by atoms with Crippen molar-refractivity contribution in [2.45, 2.75) is 12.5 Å². The Morgan fingerprint density at radius 2 is 1.85 bits per heavy atom. The average molecular weight is 523 g/mol. The molecule has 3 heterocycles. The van der Waals surface area contributed by atoms with Crippen LogP contribution < -0.4 is 26.2 Å². The van der Waals surface area contributed by atoms with Crippen molar-refractivity contribution in [3.63, 3.8) is 0 Å². The normalized spacial score (nSPS) is 14.7. The maximum Gasteiger partial charge on any atom is 0.316 e. The van der Waals surface area contributed by atoms with Crippen molar-refractivity contribution < 1.29 is 13.9 Å². The molecule has 1 aliphatic heterocycles. The van der Waals surface area contributed by atoms with Crippen molar-refractivity contribution in [1.82, 2.24) is 14.5 Å². The van der Waals surface area contributed by atoms with Crippen molar-refractivity contribution in [2.75, 3.05) is 23.9 Å². The van der Waals surface area contributed by atoms with E-state index in [1.807, 2.05) is 72.8 Å². The number of anilines is 2. The van der Waals surface area contributed by atoms with Gasteiger partial charge in [0.2, 0.25) is 11.7 Å². The number of fused-ring (bicyclic) bond motifs is 2. The summed E-state index contributed by atoms with van der Waals surface area (Å²) in [7, 11) is 3.10. The van der Waals surface area contributed by atoms with Crippen LogP contribution in [0.25, 0.3) is 22.7 Å². The number of carbonyl (C=O) groups is 1. The van der Waals surface area contributed by atoms with Gasteiger partial charge in [-0.25, -0.2) is 14.8 Å². The Balaban J connectivity index is 1.55. The van der Waals surface area contributed by atoms with E-state index in [4.69, 9.17) is 19.9 Å². The van der Waals surface area contributed by atoms with E-state index in [-0.39, 0.29) is 28.9 Å². The SMILES string of the molecule is COc1c(-c2nc3ccccc3o2)nc(N2CCc3ccc(NC(N)=O)cc3C2c2ccccc2)n(C)c1=O. The highest BCUT2D eigenvalue weighted by Crippen LogP contribution is 2.40. The van der Waals surface area contributed by atoms with E-state index in [2.05, 4.69) is 15.2 Å². The molecule has 0 radical (unpaired) electrons. The number of benzene rings is 3. The number of urea groups is 1. The minimum atomic E-state index is -0.638. The second-order valence-corrected chi connectivity index (χ2v) is 9.30. The second-order valence-electron chi connectivity index (χ2n) is 9.30. The molecule has 10 heteroatoms. The molecule has 5 aromatic rings. The van der Waals surface area contributed by atoms with Crippen molar-refractivity contribution in [3.8, 4) is 17.3 Å². The number of methoxy groups -OCH3 is 1. The number of amides is 2. The Morgan fingerprint density at radius 1 is 1.08 bits per heavy atom. The molecule has 2 amide bonds. The smallest absolute Gasteiger partial charge is 0.316 e. The Labute approximate surface area is 223 Å². The van der Waals surface area contributed by atoms with Crippen LogP contribution in [0.1, 0.15) is 22.7 Å². The minimum Gasteiger partial charge on any atom is -0.489 e. The zero-order valence-corrected chi connectivity index (χ0v) is 21.4. The lowest BCUT2D eigenvalue weighted by Crippen LogP contribution is -2.40. The first-order valence-electron chi connectivity index (χ1n) is 12.5. The predicted molar refractivity (Wildman–Crippen MR) is 148 cm³/mol. The average Bonchev–Trinajstić information content (AvgIpc) is 3.38. The summed E-state index contributed by atoms with van der Waals surface area (Å²) >= 11 is 0. The van der Waals surface area contributed by atoms with Crippen molar-refractivity contribution in [1.29, 1.82) is 0 Å². The van der Waals surface area contributed by atoms with Gasteiger partial charge < -0.3 is 25.1 Å². The van der Waals surface area contributed by atoms with E-state index in [1.54, 1.807) is 7.05 Å². The first kappa shape index (κ1) is 24.2. The molecule has 196 valence electrons. The fraction of sp³-hybridized carbons (Fsp3) is 0.172. The summed E-state index contributed by atoms with van der Waals surface area (Å²) in [5.41, 5.74) is 10.2. The molecule has 3 aromatic carbocycles. The molecule has 0 fully saturated rings. The summed E-state index contributed by atoms with van der Waals surface area (Å²) in [6.07, 6.45) is 0.704. The molecule has 0 saturated carbocycles. The number of nitrogens with two attached hydrogens (primary N) is 1. The first-order chi connectivity index (χ1) is 18.9. The van der Waals surface area contributed by atoms with E-state index in [9.17, 15) is 9.59 Å². The van der Waals surface area contributed by atoms with E-state index in [1.165, 1.54) is 11.7 Å². The molecule has 2 aromatic heterocycles. The fourth-order valence-electron chi connectivity index (χ4n) is 5.17. The predicted octanol–water partition coefficient (Wildman–Crippen LogP) is 4.24. The van der Waals surface area contributed by atoms with Gasteiger partial charge >= 0.3 is 6.03 Å². The van der Waals surface area contributed by atoms with E-state index < -0.39 is 6.03 Å². The third kappa shape index (κ3) is 4.25. The van der Waals surface area contributed by atoms with Gasteiger partial charge in [0.05, 0.1) is 13.2 Å². The number of nitrogens with zero attached hydrogens (tertiary/aromatic N) is 4. The number of nitrogens with one attached hydrogen (secondary N) is 1. The molecular formula is C29H26N6O4. The van der Waals surface area contributed by atoms with Crippen LogP contribution in [-0.4, -0.2) is 34.2 Å². The van der Waals surface area contributed by atoms with E-state index in [0.717, 1.165) is 16.7 Å². The third-order valence-electron chi connectivity index (χ3n) is 6.94. The monoisotopic (exact) mass is 522 g/mol. The van der Waals surface area contributed by atoms with Crippen LogP contribution in [-0.2, 0) is 13.5 Å². The summed E-state index contributed by atoms with van der Waals surface area (Å²) in [5.74, 6) is 0.689. The summed E-state index contributed by atoms with van der Waals surface area (Å²) in [4.78, 5) is 36.7. The Hall–Kier alpha value is -5.12. The highest BCUT2D eigenvalue weighted by atomic mass is 16.5. The zero-order valence-electron chi connectivity index (χ0n) is 21.4. The molecule has 3 N–H and O–H groups in total. The van der Waals surface area contributed by atoms with Crippen molar-refractivity contribution in [3.05, 3.63) is 99.8 Å². The van der Waals surface area contributed by atoms with E-state index in [0.29, 0.717) is 35.7 Å². The molecule has 0 bridgehead atoms. The number of para-hydroxylation sites is 2. The number of ether oxygens (including phenoxy) is 1. The van der Waals surface area contributed by atoms with Crippen LogP contribution in [0.2, 0.25) is 0 Å². The van der Waals surface area contributed by atoms with Gasteiger partial charge in [-0.1, -0.05) is 48.5 Å². The molecular weight excluding hydrogens is 496 g/mol. The summed E-state index contributed by atoms with van der Waals surface area (Å²) in [6, 6.07) is 22.2. The molecule has 1 unspecified atom stereocenters. The highest BCUT2D eigenvalue weighted by molar-refractivity contribution is 5.88. The summed E-state index contributed by atoms with van der Waals surface area (Å²) in [5, 5.41) is 2.67. The number of oxazole rings is 1. The quantitative estimate of drug-likeness (QED) is 0.353. The van der Waals surface area contributed by atoms with Gasteiger partial charge in [0, 0.05) is 19.3 Å². The van der Waals surface area contributed by atoms with Gasteiger partial charge in [0.25, 0.3) is 11.4 Å². The number of aromatic nitrogens is 3. The molecule has 1 atom stereocenters. The Kier molecular flexibility index (Phi) is 5.99. The van der Waals surface area contributed by atoms with Gasteiger partial charge in [-0.3, -0.25) is 9.36 Å². The lowest BCUT2D eigenvalue weighted by atomic mass is 9.88. The highest BCUT2D eigenvalue weighted by Gasteiger charge is 2.33. The van der Waals surface area contributed by atoms with Crippen LogP contribution in [0, 0.1) is 0 Å². The molecule has 6 rings (SSSR count). The minimum absolute atomic E-state index is 0.0504. The molecule has 0 spiro atoms. The number of hydrogen-bond donors (Lipinski definition) is 2. The van der Waals surface area contributed by atoms with Gasteiger partial charge in [-0.2, -0.15) is 0 Å². The molecule has 1 aliphatic rings. The van der Waals surface area contributed by atoms with Crippen LogP contribution >= 0.6 is 0 Å². The van der Waals surface area contributed by atoms with Crippen LogP contribution in [0.4, 0.5) is 16.4 Å². The van der Waals surface area contributed by atoms with Gasteiger partial charge in [0.15, 0.2) is 11.3 Å². The topological polar surface area (TPSA) is 129 Å². The third-order valence-corrected chi connectivity index (χ3v) is 6.94. The lowest BCUT2D eigenvalue weighted by molar-refractivity contribution is 0.259. The number of hydrogen-bond acceptors (Lipinski definition) is 7. The zero-order chi connectivity index (χ0) is 27.1. The van der Waals surface area contributed by atoms with Crippen LogP contribution in [0.3, 0.4) is 0 Å². The summed E-state index contributed by atoms with van der Waals surface area (Å²) in [6.45, 7) is 0.592. The molecule has 0 aliphatic carbocycles. The van der Waals surface area contributed by atoms with E-state index >= 15 is 0 Å². The molecule has 39 heavy (non-hydrogen) atoms. The largest absolute Gasteiger partial charge is 0.489 e. The fourth-order valence-corrected chi connectivity index (χ4v) is 5.17. The van der Waals surface area contributed by atoms with Crippen LogP contribution in [0.5, 0.6) is 5.75 Å². The number of rotatable bonds is 5. The Morgan fingerprint density at radius 3 is 2.59 bits per heavy atom. The van der Waals surface area contributed by atoms with Crippen molar-refractivity contribution in [2.24, 2.45) is 12.8 Å². The van der Waals surface area contributed by atoms with Crippen LogP contribution in [0.15, 0.2) is 82.0 Å². The first-order valence-corrected chi connectivity index (χ1v) is 12.5. The Bertz CT molecular complexity index is 1730. The van der Waals surface area contributed by atoms with Gasteiger partial charge in [-0.15, -0.1) is 0 Å². The molecule has 0 saturated heterocycles. The summed E-state index contributed by atoms with van der Waals surface area (Å²) < 4.78 is 13.0.